The zero-order valence-corrected chi connectivity index (χ0v) is 7.93. The van der Waals surface area contributed by atoms with Crippen LogP contribution in [0.3, 0.4) is 0 Å². The molecule has 79 valence electrons. The first kappa shape index (κ1) is 11.2. The first-order valence-corrected chi connectivity index (χ1v) is 4.34. The van der Waals surface area contributed by atoms with Gasteiger partial charge in [0, 0.05) is 0 Å². The molecule has 0 bridgehead atoms. The van der Waals surface area contributed by atoms with E-state index in [-0.39, 0.29) is 5.75 Å². The van der Waals surface area contributed by atoms with Gasteiger partial charge in [0.15, 0.2) is 0 Å². The summed E-state index contributed by atoms with van der Waals surface area (Å²) in [5.41, 5.74) is 6.33. The highest BCUT2D eigenvalue weighted by Gasteiger charge is 2.13. The van der Waals surface area contributed by atoms with Crippen molar-refractivity contribution in [3.63, 3.8) is 0 Å². The number of phenolic OH excluding ortho intramolecular Hbond substituents is 1. The van der Waals surface area contributed by atoms with E-state index in [0.717, 1.165) is 5.56 Å². The van der Waals surface area contributed by atoms with Crippen LogP contribution in [0.4, 0.5) is 0 Å². The predicted octanol–water partition coefficient (Wildman–Crippen LogP) is -0.555. The zero-order valence-electron chi connectivity index (χ0n) is 7.93. The van der Waals surface area contributed by atoms with Crippen molar-refractivity contribution in [3.05, 3.63) is 29.8 Å². The maximum absolute atomic E-state index is 11.1. The molecule has 1 aromatic rings. The van der Waals surface area contributed by atoms with Crippen LogP contribution in [0.2, 0.25) is 0 Å². The van der Waals surface area contributed by atoms with Gasteiger partial charge in [-0.15, -0.1) is 0 Å². The van der Waals surface area contributed by atoms with Crippen LogP contribution in [0, 0.1) is 0 Å². The Balaban J connectivity index is 2.57. The van der Waals surface area contributed by atoms with Crippen LogP contribution in [0.5, 0.6) is 5.75 Å². The van der Waals surface area contributed by atoms with Crippen LogP contribution in [0.1, 0.15) is 5.56 Å². The summed E-state index contributed by atoms with van der Waals surface area (Å²) in [5.74, 6) is -0.420. The maximum atomic E-state index is 11.1. The van der Waals surface area contributed by atoms with Crippen LogP contribution in [-0.4, -0.2) is 23.5 Å². The fourth-order valence-corrected chi connectivity index (χ4v) is 1.12. The smallest absolute Gasteiger partial charge is 0.316 e. The van der Waals surface area contributed by atoms with Crippen molar-refractivity contribution in [2.24, 2.45) is 5.73 Å². The highest BCUT2D eigenvalue weighted by molar-refractivity contribution is 5.90. The standard InChI is InChI=1S/C10H11N2O3/c11-9(10(15)12-6-13)5-7-1-3-8(14)4-2-7/h1-4,9,14H,5,11H2,(H,12,13,15)/t9-/m0/s1. The van der Waals surface area contributed by atoms with Gasteiger partial charge in [-0.05, 0) is 24.1 Å². The number of amides is 2. The molecule has 0 aliphatic heterocycles. The van der Waals surface area contributed by atoms with Crippen molar-refractivity contribution >= 4 is 12.3 Å². The summed E-state index contributed by atoms with van der Waals surface area (Å²) in [6.07, 6.45) is 1.57. The van der Waals surface area contributed by atoms with E-state index in [0.29, 0.717) is 6.42 Å². The minimum atomic E-state index is -0.795. The quantitative estimate of drug-likeness (QED) is 0.577. The number of carbonyl (C=O) groups excluding carboxylic acids is 2. The molecule has 1 aromatic carbocycles. The third-order valence-corrected chi connectivity index (χ3v) is 1.90. The van der Waals surface area contributed by atoms with Gasteiger partial charge in [0.25, 0.3) is 0 Å². The third kappa shape index (κ3) is 3.40. The first-order chi connectivity index (χ1) is 7.13. The number of carbonyl (C=O) groups is 1. The van der Waals surface area contributed by atoms with Gasteiger partial charge in [-0.25, -0.2) is 0 Å². The Labute approximate surface area is 86.9 Å². The number of nitrogens with one attached hydrogen (secondary N) is 1. The molecule has 15 heavy (non-hydrogen) atoms. The average molecular weight is 207 g/mol. The summed E-state index contributed by atoms with van der Waals surface area (Å²) in [6.45, 7) is 0. The molecule has 5 heteroatoms. The molecule has 1 rings (SSSR count). The van der Waals surface area contributed by atoms with Crippen LogP contribution >= 0.6 is 0 Å². The van der Waals surface area contributed by atoms with E-state index in [1.54, 1.807) is 12.1 Å². The van der Waals surface area contributed by atoms with Gasteiger partial charge in [0.2, 0.25) is 5.91 Å². The number of phenols is 1. The molecule has 0 aromatic heterocycles. The molecule has 0 aliphatic carbocycles. The summed E-state index contributed by atoms with van der Waals surface area (Å²) in [5, 5.41) is 10.9. The molecule has 5 nitrogen and oxygen atoms in total. The fourth-order valence-electron chi connectivity index (χ4n) is 1.12. The van der Waals surface area contributed by atoms with Gasteiger partial charge >= 0.3 is 6.41 Å². The van der Waals surface area contributed by atoms with E-state index in [4.69, 9.17) is 10.8 Å². The first-order valence-electron chi connectivity index (χ1n) is 4.34. The molecule has 0 heterocycles. The third-order valence-electron chi connectivity index (χ3n) is 1.90. The number of benzene rings is 1. The molecular weight excluding hydrogens is 196 g/mol. The second-order valence-electron chi connectivity index (χ2n) is 3.07. The number of hydrogen-bond acceptors (Lipinski definition) is 4. The summed E-state index contributed by atoms with van der Waals surface area (Å²) >= 11 is 0. The molecular formula is C10H11N2O3. The van der Waals surface area contributed by atoms with E-state index in [9.17, 15) is 9.59 Å². The Morgan fingerprint density at radius 3 is 2.60 bits per heavy atom. The number of rotatable bonds is 4. The van der Waals surface area contributed by atoms with E-state index in [1.807, 2.05) is 5.32 Å². The monoisotopic (exact) mass is 207 g/mol. The van der Waals surface area contributed by atoms with E-state index < -0.39 is 11.9 Å². The summed E-state index contributed by atoms with van der Waals surface area (Å²) in [4.78, 5) is 20.9. The van der Waals surface area contributed by atoms with Gasteiger partial charge in [-0.3, -0.25) is 14.9 Å². The van der Waals surface area contributed by atoms with Crippen molar-refractivity contribution in [2.75, 3.05) is 0 Å². The zero-order chi connectivity index (χ0) is 11.3. The van der Waals surface area contributed by atoms with E-state index in [1.165, 1.54) is 18.5 Å². The molecule has 2 amide bonds. The topological polar surface area (TPSA) is 92.4 Å². The molecule has 0 saturated carbocycles. The average Bonchev–Trinajstić information content (AvgIpc) is 2.22. The van der Waals surface area contributed by atoms with Crippen LogP contribution < -0.4 is 11.1 Å². The highest BCUT2D eigenvalue weighted by atomic mass is 16.3. The number of imide groups is 1. The lowest BCUT2D eigenvalue weighted by atomic mass is 10.1. The van der Waals surface area contributed by atoms with Gasteiger partial charge in [-0.2, -0.15) is 0 Å². The largest absolute Gasteiger partial charge is 0.508 e. The molecule has 0 unspecified atom stereocenters. The Kier molecular flexibility index (Phi) is 3.82. The van der Waals surface area contributed by atoms with Gasteiger partial charge < -0.3 is 10.8 Å². The Morgan fingerprint density at radius 1 is 1.47 bits per heavy atom. The number of aromatic hydroxyl groups is 1. The van der Waals surface area contributed by atoms with Gasteiger partial charge in [0.05, 0.1) is 6.04 Å². The van der Waals surface area contributed by atoms with Crippen LogP contribution in [0.25, 0.3) is 0 Å². The van der Waals surface area contributed by atoms with E-state index >= 15 is 0 Å². The lowest BCUT2D eigenvalue weighted by Crippen LogP contribution is -2.41. The molecule has 1 radical (unpaired) electrons. The second kappa shape index (κ2) is 5.11. The molecule has 4 N–H and O–H groups in total. The predicted molar refractivity (Wildman–Crippen MR) is 53.6 cm³/mol. The Hall–Kier alpha value is -1.88. The second-order valence-corrected chi connectivity index (χ2v) is 3.07. The Morgan fingerprint density at radius 2 is 2.07 bits per heavy atom. The lowest BCUT2D eigenvalue weighted by Gasteiger charge is -2.08. The minimum absolute atomic E-state index is 0.151. The van der Waals surface area contributed by atoms with Crippen molar-refractivity contribution in [2.45, 2.75) is 12.5 Å². The van der Waals surface area contributed by atoms with Gasteiger partial charge in [-0.1, -0.05) is 12.1 Å². The number of nitrogens with two attached hydrogens (primary N) is 1. The van der Waals surface area contributed by atoms with Crippen molar-refractivity contribution in [3.8, 4) is 5.75 Å². The normalized spacial score (nSPS) is 11.8. The maximum Gasteiger partial charge on any atom is 0.316 e. The molecule has 0 saturated heterocycles. The molecule has 0 aliphatic rings. The van der Waals surface area contributed by atoms with Gasteiger partial charge in [0.1, 0.15) is 5.75 Å². The summed E-state index contributed by atoms with van der Waals surface area (Å²) < 4.78 is 0. The molecule has 0 spiro atoms. The molecule has 0 fully saturated rings. The SMILES string of the molecule is N[C@@H](Cc1ccc(O)cc1)C(=O)N[C]=O. The van der Waals surface area contributed by atoms with Crippen molar-refractivity contribution < 1.29 is 14.7 Å². The molecule has 1 atom stereocenters. The minimum Gasteiger partial charge on any atom is -0.508 e. The van der Waals surface area contributed by atoms with Crippen molar-refractivity contribution in [1.29, 1.82) is 0 Å². The van der Waals surface area contributed by atoms with Crippen LogP contribution in [-0.2, 0) is 16.0 Å². The highest BCUT2D eigenvalue weighted by Crippen LogP contribution is 2.10. The van der Waals surface area contributed by atoms with Crippen molar-refractivity contribution in [1.82, 2.24) is 5.32 Å². The van der Waals surface area contributed by atoms with E-state index in [2.05, 4.69) is 0 Å². The fraction of sp³-hybridized carbons (Fsp3) is 0.200. The Bertz CT molecular complexity index is 348. The van der Waals surface area contributed by atoms with Crippen LogP contribution in [0.15, 0.2) is 24.3 Å². The summed E-state index contributed by atoms with van der Waals surface area (Å²) in [6, 6.07) is 5.54. The number of hydrogen-bond donors (Lipinski definition) is 3. The lowest BCUT2D eigenvalue weighted by molar-refractivity contribution is -0.120. The summed E-state index contributed by atoms with van der Waals surface area (Å²) in [7, 11) is 0.